The third-order valence-electron chi connectivity index (χ3n) is 5.98. The second-order valence-electron chi connectivity index (χ2n) is 7.86. The Morgan fingerprint density at radius 1 is 1.12 bits per heavy atom. The second-order valence-corrected chi connectivity index (χ2v) is 7.86. The van der Waals surface area contributed by atoms with Gasteiger partial charge in [-0.05, 0) is 45.4 Å². The Bertz CT molecular complexity index is 442. The Balaban J connectivity index is 0.00000208. The Labute approximate surface area is 151 Å². The summed E-state index contributed by atoms with van der Waals surface area (Å²) in [5.41, 5.74) is 0. The van der Waals surface area contributed by atoms with Crippen molar-refractivity contribution < 1.29 is 9.59 Å². The summed E-state index contributed by atoms with van der Waals surface area (Å²) in [5, 5.41) is 6.66. The normalized spacial score (nSPS) is 30.5. The maximum Gasteiger partial charge on any atom is 0.224 e. The van der Waals surface area contributed by atoms with Gasteiger partial charge in [-0.15, -0.1) is 12.4 Å². The number of amides is 2. The van der Waals surface area contributed by atoms with Crippen molar-refractivity contribution in [2.45, 2.75) is 88.9 Å². The molecular weight excluding hydrogens is 326 g/mol. The van der Waals surface area contributed by atoms with Gasteiger partial charge in [0.25, 0.3) is 0 Å². The van der Waals surface area contributed by atoms with Gasteiger partial charge >= 0.3 is 0 Å². The first-order chi connectivity index (χ1) is 11.0. The number of nitrogens with one attached hydrogen (secondary N) is 2. The largest absolute Gasteiger partial charge is 0.353 e. The number of hydrogen-bond donors (Lipinski definition) is 2. The average molecular weight is 358 g/mol. The number of carbonyl (C=O) groups excluding carboxylic acids is 2. The molecule has 2 amide bonds. The van der Waals surface area contributed by atoms with Crippen LogP contribution in [0.5, 0.6) is 0 Å². The van der Waals surface area contributed by atoms with Gasteiger partial charge in [0.15, 0.2) is 0 Å². The maximum atomic E-state index is 12.5. The molecule has 0 spiro atoms. The van der Waals surface area contributed by atoms with E-state index in [0.29, 0.717) is 24.5 Å². The van der Waals surface area contributed by atoms with E-state index in [1.54, 1.807) is 0 Å². The van der Waals surface area contributed by atoms with Crippen LogP contribution in [0.2, 0.25) is 0 Å². The van der Waals surface area contributed by atoms with Crippen LogP contribution in [-0.4, -0.2) is 47.9 Å². The minimum atomic E-state index is -0.0727. The van der Waals surface area contributed by atoms with Gasteiger partial charge in [-0.3, -0.25) is 9.59 Å². The molecule has 6 heteroatoms. The van der Waals surface area contributed by atoms with Crippen LogP contribution < -0.4 is 10.6 Å². The SMILES string of the molecule is CC(CC(=O)N(C)C1CC2CCC(C1)N2)NC(=O)C1CCCC1.Cl. The van der Waals surface area contributed by atoms with Crippen LogP contribution in [0, 0.1) is 5.92 Å². The molecule has 3 rings (SSSR count). The number of halogens is 1. The lowest BCUT2D eigenvalue weighted by Crippen LogP contribution is -2.49. The van der Waals surface area contributed by atoms with Crippen LogP contribution in [-0.2, 0) is 9.59 Å². The standard InChI is InChI=1S/C18H31N3O2.ClH/c1-12(19-18(23)13-5-3-4-6-13)9-17(22)21(2)16-10-14-7-8-15(11-16)20-14;/h12-16,20H,3-11H2,1-2H3,(H,19,23);1H. The minimum absolute atomic E-state index is 0. The van der Waals surface area contributed by atoms with E-state index >= 15 is 0 Å². The van der Waals surface area contributed by atoms with E-state index in [-0.39, 0.29) is 36.2 Å². The van der Waals surface area contributed by atoms with Crippen LogP contribution >= 0.6 is 12.4 Å². The molecule has 3 aliphatic rings. The predicted octanol–water partition coefficient (Wildman–Crippen LogP) is 2.23. The lowest BCUT2D eigenvalue weighted by atomic mass is 9.98. The molecule has 0 aromatic carbocycles. The van der Waals surface area contributed by atoms with Gasteiger partial charge in [-0.2, -0.15) is 0 Å². The first kappa shape index (κ1) is 19.5. The lowest BCUT2D eigenvalue weighted by Gasteiger charge is -2.36. The fraction of sp³-hybridized carbons (Fsp3) is 0.889. The van der Waals surface area contributed by atoms with Crippen LogP contribution in [0.3, 0.4) is 0 Å². The first-order valence-corrected chi connectivity index (χ1v) is 9.35. The number of carbonyl (C=O) groups is 2. The highest BCUT2D eigenvalue weighted by Crippen LogP contribution is 2.29. The monoisotopic (exact) mass is 357 g/mol. The molecule has 0 aromatic heterocycles. The summed E-state index contributed by atoms with van der Waals surface area (Å²) in [5.74, 6) is 0.478. The van der Waals surface area contributed by atoms with E-state index in [1.807, 2.05) is 18.9 Å². The summed E-state index contributed by atoms with van der Waals surface area (Å²) in [7, 11) is 1.93. The molecule has 0 aromatic rings. The van der Waals surface area contributed by atoms with Crippen molar-refractivity contribution in [3.05, 3.63) is 0 Å². The summed E-state index contributed by atoms with van der Waals surface area (Å²) in [6.45, 7) is 1.95. The van der Waals surface area contributed by atoms with Gasteiger partial charge in [0.05, 0.1) is 0 Å². The van der Waals surface area contributed by atoms with E-state index in [1.165, 1.54) is 12.8 Å². The molecule has 1 saturated carbocycles. The van der Waals surface area contributed by atoms with E-state index < -0.39 is 0 Å². The van der Waals surface area contributed by atoms with Gasteiger partial charge in [-0.25, -0.2) is 0 Å². The van der Waals surface area contributed by atoms with E-state index in [4.69, 9.17) is 0 Å². The zero-order valence-electron chi connectivity index (χ0n) is 14.9. The summed E-state index contributed by atoms with van der Waals surface area (Å²) < 4.78 is 0. The molecule has 3 atom stereocenters. The zero-order chi connectivity index (χ0) is 16.4. The molecule has 138 valence electrons. The number of piperidine rings is 1. The summed E-state index contributed by atoms with van der Waals surface area (Å²) >= 11 is 0. The van der Waals surface area contributed by atoms with Gasteiger partial charge in [0.2, 0.25) is 11.8 Å². The fourth-order valence-corrected chi connectivity index (χ4v) is 4.55. The number of hydrogen-bond acceptors (Lipinski definition) is 3. The quantitative estimate of drug-likeness (QED) is 0.793. The van der Waals surface area contributed by atoms with Crippen molar-refractivity contribution in [3.8, 4) is 0 Å². The molecule has 2 aliphatic heterocycles. The van der Waals surface area contributed by atoms with Crippen LogP contribution in [0.1, 0.15) is 64.7 Å². The molecule has 5 nitrogen and oxygen atoms in total. The summed E-state index contributed by atoms with van der Waals surface area (Å²) in [6, 6.07) is 1.47. The van der Waals surface area contributed by atoms with Gasteiger partial charge in [-0.1, -0.05) is 12.8 Å². The van der Waals surface area contributed by atoms with Gasteiger partial charge < -0.3 is 15.5 Å². The molecule has 2 heterocycles. The highest BCUT2D eigenvalue weighted by Gasteiger charge is 2.36. The van der Waals surface area contributed by atoms with Crippen molar-refractivity contribution in [1.82, 2.24) is 15.5 Å². The Morgan fingerprint density at radius 3 is 2.29 bits per heavy atom. The summed E-state index contributed by atoms with van der Waals surface area (Å²) in [4.78, 5) is 26.6. The highest BCUT2D eigenvalue weighted by molar-refractivity contribution is 5.85. The third kappa shape index (κ3) is 4.63. The molecule has 2 N–H and O–H groups in total. The predicted molar refractivity (Wildman–Crippen MR) is 97.2 cm³/mol. The summed E-state index contributed by atoms with van der Waals surface area (Å²) in [6.07, 6.45) is 9.37. The average Bonchev–Trinajstić information content (AvgIpc) is 3.16. The van der Waals surface area contributed by atoms with Crippen LogP contribution in [0.15, 0.2) is 0 Å². The third-order valence-corrected chi connectivity index (χ3v) is 5.98. The van der Waals surface area contributed by atoms with Crippen molar-refractivity contribution in [1.29, 1.82) is 0 Å². The van der Waals surface area contributed by atoms with Crippen molar-refractivity contribution in [3.63, 3.8) is 0 Å². The van der Waals surface area contributed by atoms with Gasteiger partial charge in [0, 0.05) is 43.6 Å². The Hall–Kier alpha value is -0.810. The van der Waals surface area contributed by atoms with E-state index in [0.717, 1.165) is 38.5 Å². The number of rotatable bonds is 5. The molecule has 2 bridgehead atoms. The molecule has 0 radical (unpaired) electrons. The highest BCUT2D eigenvalue weighted by atomic mass is 35.5. The molecule has 1 aliphatic carbocycles. The molecule has 3 fully saturated rings. The molecule has 24 heavy (non-hydrogen) atoms. The van der Waals surface area contributed by atoms with Gasteiger partial charge in [0.1, 0.15) is 0 Å². The Kier molecular flexibility index (Phi) is 6.93. The molecule has 3 unspecified atom stereocenters. The number of fused-ring (bicyclic) bond motifs is 2. The Morgan fingerprint density at radius 2 is 1.71 bits per heavy atom. The minimum Gasteiger partial charge on any atom is -0.353 e. The van der Waals surface area contributed by atoms with Crippen molar-refractivity contribution in [2.24, 2.45) is 5.92 Å². The van der Waals surface area contributed by atoms with Crippen LogP contribution in [0.4, 0.5) is 0 Å². The first-order valence-electron chi connectivity index (χ1n) is 9.35. The van der Waals surface area contributed by atoms with Crippen molar-refractivity contribution >= 4 is 24.2 Å². The lowest BCUT2D eigenvalue weighted by molar-refractivity contribution is -0.133. The molecular formula is C18H32ClN3O2. The topological polar surface area (TPSA) is 61.4 Å². The van der Waals surface area contributed by atoms with Crippen molar-refractivity contribution in [2.75, 3.05) is 7.05 Å². The van der Waals surface area contributed by atoms with E-state index in [9.17, 15) is 9.59 Å². The van der Waals surface area contributed by atoms with Crippen LogP contribution in [0.25, 0.3) is 0 Å². The van der Waals surface area contributed by atoms with E-state index in [2.05, 4.69) is 10.6 Å². The maximum absolute atomic E-state index is 12.5. The second kappa shape index (κ2) is 8.52. The fourth-order valence-electron chi connectivity index (χ4n) is 4.55. The molecule has 2 saturated heterocycles. The zero-order valence-corrected chi connectivity index (χ0v) is 15.7. The number of nitrogens with zero attached hydrogens (tertiary/aromatic N) is 1. The smallest absolute Gasteiger partial charge is 0.224 e.